The van der Waals surface area contributed by atoms with Gasteiger partial charge in [0.25, 0.3) is 0 Å². The Bertz CT molecular complexity index is 694. The van der Waals surface area contributed by atoms with E-state index < -0.39 is 24.0 Å². The lowest BCUT2D eigenvalue weighted by atomic mass is 10.0. The number of urea groups is 1. The van der Waals surface area contributed by atoms with E-state index in [1.165, 1.54) is 17.4 Å². The zero-order valence-electron chi connectivity index (χ0n) is 14.0. The van der Waals surface area contributed by atoms with E-state index >= 15 is 0 Å². The standard InChI is InChI=1S/C17H20N2O5S/c1-3-12-15(16(21)23-4-2)13(19-17(22)18-12)9-24-14(20)6-5-11-7-8-25-10-11/h5-8,10,12H,3-4,9H2,1-2H3,(H2,18,19,22)/b6-5+. The smallest absolute Gasteiger partial charge is 0.338 e. The van der Waals surface area contributed by atoms with Crippen LogP contribution in [0.5, 0.6) is 0 Å². The van der Waals surface area contributed by atoms with Crippen molar-refractivity contribution in [3.63, 3.8) is 0 Å². The quantitative estimate of drug-likeness (QED) is 0.571. The van der Waals surface area contributed by atoms with Crippen LogP contribution in [-0.2, 0) is 19.1 Å². The molecule has 0 bridgehead atoms. The maximum Gasteiger partial charge on any atom is 0.338 e. The second-order valence-electron chi connectivity index (χ2n) is 5.17. The highest BCUT2D eigenvalue weighted by atomic mass is 32.1. The Morgan fingerprint density at radius 2 is 2.12 bits per heavy atom. The summed E-state index contributed by atoms with van der Waals surface area (Å²) in [6.45, 7) is 3.53. The molecule has 0 aromatic carbocycles. The molecule has 134 valence electrons. The normalized spacial score (nSPS) is 17.2. The number of rotatable bonds is 7. The van der Waals surface area contributed by atoms with Gasteiger partial charge in [-0.2, -0.15) is 11.3 Å². The lowest BCUT2D eigenvalue weighted by Crippen LogP contribution is -2.51. The van der Waals surface area contributed by atoms with Crippen LogP contribution in [0.2, 0.25) is 0 Å². The summed E-state index contributed by atoms with van der Waals surface area (Å²) in [5.41, 5.74) is 1.42. The van der Waals surface area contributed by atoms with E-state index in [2.05, 4.69) is 10.6 Å². The summed E-state index contributed by atoms with van der Waals surface area (Å²) < 4.78 is 10.2. The first-order chi connectivity index (χ1) is 12.0. The summed E-state index contributed by atoms with van der Waals surface area (Å²) in [7, 11) is 0. The molecule has 8 heteroatoms. The van der Waals surface area contributed by atoms with Crippen LogP contribution in [0.25, 0.3) is 6.08 Å². The van der Waals surface area contributed by atoms with E-state index in [0.29, 0.717) is 6.42 Å². The Balaban J connectivity index is 2.10. The van der Waals surface area contributed by atoms with Gasteiger partial charge in [-0.05, 0) is 41.8 Å². The molecule has 0 aliphatic carbocycles. The van der Waals surface area contributed by atoms with Crippen molar-refractivity contribution in [2.75, 3.05) is 13.2 Å². The zero-order valence-corrected chi connectivity index (χ0v) is 14.9. The van der Waals surface area contributed by atoms with Gasteiger partial charge in [0.2, 0.25) is 0 Å². The van der Waals surface area contributed by atoms with Crippen LogP contribution in [0.4, 0.5) is 4.79 Å². The van der Waals surface area contributed by atoms with Crippen LogP contribution in [0, 0.1) is 0 Å². The molecule has 2 heterocycles. The molecule has 2 N–H and O–H groups in total. The highest BCUT2D eigenvalue weighted by molar-refractivity contribution is 7.08. The van der Waals surface area contributed by atoms with E-state index in [9.17, 15) is 14.4 Å². The summed E-state index contributed by atoms with van der Waals surface area (Å²) in [4.78, 5) is 35.8. The van der Waals surface area contributed by atoms with E-state index in [-0.39, 0.29) is 24.5 Å². The third kappa shape index (κ3) is 5.18. The van der Waals surface area contributed by atoms with Gasteiger partial charge in [0.1, 0.15) is 6.61 Å². The Morgan fingerprint density at radius 1 is 1.32 bits per heavy atom. The summed E-state index contributed by atoms with van der Waals surface area (Å²) >= 11 is 1.52. The number of hydrogen-bond acceptors (Lipinski definition) is 6. The van der Waals surface area contributed by atoms with Crippen LogP contribution in [0.15, 0.2) is 34.2 Å². The van der Waals surface area contributed by atoms with Crippen molar-refractivity contribution in [3.8, 4) is 0 Å². The van der Waals surface area contributed by atoms with Crippen LogP contribution in [-0.4, -0.2) is 37.2 Å². The van der Waals surface area contributed by atoms with E-state index in [0.717, 1.165) is 5.56 Å². The molecule has 7 nitrogen and oxygen atoms in total. The highest BCUT2D eigenvalue weighted by Crippen LogP contribution is 2.17. The van der Waals surface area contributed by atoms with Crippen LogP contribution in [0.1, 0.15) is 25.8 Å². The molecule has 0 saturated heterocycles. The molecule has 1 aliphatic rings. The molecule has 1 aliphatic heterocycles. The van der Waals surface area contributed by atoms with Crippen LogP contribution < -0.4 is 10.6 Å². The van der Waals surface area contributed by atoms with Crippen molar-refractivity contribution in [1.29, 1.82) is 0 Å². The SMILES string of the molecule is CCOC(=O)C1=C(COC(=O)/C=C/c2ccsc2)NC(=O)NC1CC. The predicted octanol–water partition coefficient (Wildman–Crippen LogP) is 2.21. The van der Waals surface area contributed by atoms with Gasteiger partial charge in [0.15, 0.2) is 0 Å². The summed E-state index contributed by atoms with van der Waals surface area (Å²) in [5, 5.41) is 8.97. The second kappa shape index (κ2) is 9.03. The molecule has 0 radical (unpaired) electrons. The molecule has 1 aromatic heterocycles. The average molecular weight is 364 g/mol. The summed E-state index contributed by atoms with van der Waals surface area (Å²) in [6.07, 6.45) is 3.44. The number of carbonyl (C=O) groups is 3. The lowest BCUT2D eigenvalue weighted by molar-refractivity contribution is -0.140. The number of nitrogens with one attached hydrogen (secondary N) is 2. The van der Waals surface area contributed by atoms with Gasteiger partial charge in [-0.15, -0.1) is 0 Å². The summed E-state index contributed by atoms with van der Waals surface area (Å²) in [5.74, 6) is -1.11. The fourth-order valence-electron chi connectivity index (χ4n) is 2.30. The Kier molecular flexibility index (Phi) is 6.76. The van der Waals surface area contributed by atoms with Gasteiger partial charge in [-0.25, -0.2) is 14.4 Å². The van der Waals surface area contributed by atoms with E-state index in [4.69, 9.17) is 9.47 Å². The first-order valence-electron chi connectivity index (χ1n) is 7.89. The number of amides is 2. The molecule has 0 fully saturated rings. The third-order valence-corrected chi connectivity index (χ3v) is 4.16. The van der Waals surface area contributed by atoms with Crippen molar-refractivity contribution >= 4 is 35.4 Å². The van der Waals surface area contributed by atoms with E-state index in [1.807, 2.05) is 23.8 Å². The fraction of sp³-hybridized carbons (Fsp3) is 0.353. The number of ether oxygens (including phenoxy) is 2. The molecule has 0 saturated carbocycles. The molecule has 1 aromatic rings. The van der Waals surface area contributed by atoms with Gasteiger partial charge < -0.3 is 20.1 Å². The maximum atomic E-state index is 12.2. The molecule has 1 atom stereocenters. The van der Waals surface area contributed by atoms with Gasteiger partial charge in [0, 0.05) is 6.08 Å². The predicted molar refractivity (Wildman–Crippen MR) is 93.7 cm³/mol. The van der Waals surface area contributed by atoms with Crippen molar-refractivity contribution in [1.82, 2.24) is 10.6 Å². The molecule has 0 spiro atoms. The number of hydrogen-bond donors (Lipinski definition) is 2. The topological polar surface area (TPSA) is 93.7 Å². The minimum Gasteiger partial charge on any atom is -0.463 e. The van der Waals surface area contributed by atoms with Crippen molar-refractivity contribution < 1.29 is 23.9 Å². The second-order valence-corrected chi connectivity index (χ2v) is 5.95. The van der Waals surface area contributed by atoms with Crippen LogP contribution in [0.3, 0.4) is 0 Å². The first-order valence-corrected chi connectivity index (χ1v) is 8.84. The monoisotopic (exact) mass is 364 g/mol. The van der Waals surface area contributed by atoms with Crippen molar-refractivity contribution in [2.24, 2.45) is 0 Å². The molecular weight excluding hydrogens is 344 g/mol. The number of esters is 2. The van der Waals surface area contributed by atoms with Gasteiger partial charge in [-0.3, -0.25) is 0 Å². The zero-order chi connectivity index (χ0) is 18.2. The Labute approximate surface area is 149 Å². The molecule has 25 heavy (non-hydrogen) atoms. The van der Waals surface area contributed by atoms with Gasteiger partial charge in [0.05, 0.1) is 23.9 Å². The minimum atomic E-state index is -0.567. The highest BCUT2D eigenvalue weighted by Gasteiger charge is 2.31. The van der Waals surface area contributed by atoms with Crippen molar-refractivity contribution in [2.45, 2.75) is 26.3 Å². The maximum absolute atomic E-state index is 12.2. The molecule has 1 unspecified atom stereocenters. The lowest BCUT2D eigenvalue weighted by Gasteiger charge is -2.28. The first kappa shape index (κ1) is 18.7. The third-order valence-electron chi connectivity index (χ3n) is 3.46. The number of carbonyl (C=O) groups excluding carboxylic acids is 3. The van der Waals surface area contributed by atoms with E-state index in [1.54, 1.807) is 13.0 Å². The average Bonchev–Trinajstić information content (AvgIpc) is 3.11. The van der Waals surface area contributed by atoms with Gasteiger partial charge >= 0.3 is 18.0 Å². The van der Waals surface area contributed by atoms with Crippen LogP contribution >= 0.6 is 11.3 Å². The largest absolute Gasteiger partial charge is 0.463 e. The molecular formula is C17H20N2O5S. The summed E-state index contributed by atoms with van der Waals surface area (Å²) in [6, 6.07) is 0.942. The van der Waals surface area contributed by atoms with Crippen molar-refractivity contribution in [3.05, 3.63) is 39.7 Å². The Morgan fingerprint density at radius 3 is 2.76 bits per heavy atom. The van der Waals surface area contributed by atoms with Gasteiger partial charge in [-0.1, -0.05) is 6.92 Å². The molecule has 2 amide bonds. The Hall–Kier alpha value is -2.61. The number of thiophene rings is 1. The fourth-order valence-corrected chi connectivity index (χ4v) is 2.93. The molecule has 2 rings (SSSR count). The minimum absolute atomic E-state index is 0.211.